The average Bonchev–Trinajstić information content (AvgIpc) is 2.03. The normalized spacial score (nSPS) is 7.27. The Kier molecular flexibility index (Phi) is 22.8. The van der Waals surface area contributed by atoms with E-state index in [9.17, 15) is 0 Å². The summed E-state index contributed by atoms with van der Waals surface area (Å²) in [6, 6.07) is 0. The van der Waals surface area contributed by atoms with E-state index in [0.717, 1.165) is 0 Å². The summed E-state index contributed by atoms with van der Waals surface area (Å²) in [6.45, 7) is 4.45. The van der Waals surface area contributed by atoms with Crippen molar-refractivity contribution in [3.8, 4) is 0 Å². The Morgan fingerprint density at radius 3 is 1.67 bits per heavy atom. The van der Waals surface area contributed by atoms with Crippen LogP contribution >= 0.6 is 0 Å². The van der Waals surface area contributed by atoms with Gasteiger partial charge in [0, 0.05) is 0 Å². The zero-order valence-corrected chi connectivity index (χ0v) is 7.87. The van der Waals surface area contributed by atoms with Crippen LogP contribution < -0.4 is 0 Å². The topological polar surface area (TPSA) is 145 Å². The molecule has 5 N–H and O–H groups in total. The van der Waals surface area contributed by atoms with Gasteiger partial charge in [0.2, 0.25) is 0 Å². The van der Waals surface area contributed by atoms with E-state index in [-0.39, 0.29) is 6.61 Å². The van der Waals surface area contributed by atoms with E-state index in [1.54, 1.807) is 6.08 Å². The Hall–Kier alpha value is -1.80. The number of carbonyl (C=O) groups is 2. The van der Waals surface area contributed by atoms with Gasteiger partial charge in [0.05, 0.1) is 19.8 Å². The maximum Gasteiger partial charge on any atom is 0.503 e. The quantitative estimate of drug-likeness (QED) is 0.346. The Balaban J connectivity index is -0.000000155. The van der Waals surface area contributed by atoms with Crippen molar-refractivity contribution >= 4 is 12.3 Å². The van der Waals surface area contributed by atoms with Crippen molar-refractivity contribution in [2.75, 3.05) is 19.8 Å². The Morgan fingerprint density at radius 2 is 1.47 bits per heavy atom. The summed E-state index contributed by atoms with van der Waals surface area (Å²) >= 11 is 0. The van der Waals surface area contributed by atoms with Crippen LogP contribution in [0, 0.1) is 0 Å². The summed E-state index contributed by atoms with van der Waals surface area (Å²) in [5, 5.41) is 36.0. The number of carboxylic acid groups (broad SMARTS) is 4. The van der Waals surface area contributed by atoms with Gasteiger partial charge in [-0.05, 0) is 0 Å². The van der Waals surface area contributed by atoms with Gasteiger partial charge in [-0.3, -0.25) is 0 Å². The van der Waals surface area contributed by atoms with E-state index in [1.165, 1.54) is 0 Å². The minimum atomic E-state index is -1.83. The van der Waals surface area contributed by atoms with Gasteiger partial charge in [0.25, 0.3) is 0 Å². The predicted octanol–water partition coefficient (Wildman–Crippen LogP) is 0.626. The summed E-state index contributed by atoms with van der Waals surface area (Å²) in [4.78, 5) is 17.1. The molecular weight excluding hydrogens is 212 g/mol. The van der Waals surface area contributed by atoms with Crippen LogP contribution in [0.15, 0.2) is 12.7 Å². The molecule has 0 aliphatic heterocycles. The molecule has 0 aromatic heterocycles. The van der Waals surface area contributed by atoms with Crippen molar-refractivity contribution < 1.29 is 39.9 Å². The third kappa shape index (κ3) is 262. The monoisotopic (exact) mass is 226 g/mol. The highest BCUT2D eigenvalue weighted by Crippen LogP contribution is 1.70. The lowest BCUT2D eigenvalue weighted by Crippen LogP contribution is -1.97. The molecular formula is C7H14O8. The van der Waals surface area contributed by atoms with Gasteiger partial charge in [-0.15, -0.1) is 6.58 Å². The van der Waals surface area contributed by atoms with Crippen LogP contribution in [0.2, 0.25) is 0 Å². The first-order valence-electron chi connectivity index (χ1n) is 3.51. The van der Waals surface area contributed by atoms with Crippen LogP contribution in [-0.4, -0.2) is 57.7 Å². The van der Waals surface area contributed by atoms with Gasteiger partial charge in [-0.1, -0.05) is 6.08 Å². The number of ether oxygens (including phenoxy) is 1. The van der Waals surface area contributed by atoms with Crippen LogP contribution in [0.1, 0.15) is 0 Å². The van der Waals surface area contributed by atoms with E-state index in [2.05, 4.69) is 6.58 Å². The molecule has 0 saturated heterocycles. The summed E-state index contributed by atoms with van der Waals surface area (Å²) < 4.78 is 4.76. The second-order valence-electron chi connectivity index (χ2n) is 1.65. The van der Waals surface area contributed by atoms with Crippen LogP contribution in [-0.2, 0) is 4.74 Å². The minimum Gasteiger partial charge on any atom is -0.450 e. The molecule has 0 aliphatic carbocycles. The minimum absolute atomic E-state index is 0.0911. The molecule has 0 radical (unpaired) electrons. The lowest BCUT2D eigenvalue weighted by molar-refractivity contribution is 0.112. The van der Waals surface area contributed by atoms with Gasteiger partial charge >= 0.3 is 12.3 Å². The van der Waals surface area contributed by atoms with Crippen LogP contribution in [0.25, 0.3) is 0 Å². The lowest BCUT2D eigenvalue weighted by atomic mass is 10.7. The number of aliphatic hydroxyl groups excluding tert-OH is 1. The molecule has 15 heavy (non-hydrogen) atoms. The fraction of sp³-hybridized carbons (Fsp3) is 0.429. The lowest BCUT2D eigenvalue weighted by Gasteiger charge is -1.92. The first-order chi connectivity index (χ1) is 6.88. The van der Waals surface area contributed by atoms with Gasteiger partial charge < -0.3 is 30.3 Å². The van der Waals surface area contributed by atoms with Crippen molar-refractivity contribution in [2.24, 2.45) is 0 Å². The van der Waals surface area contributed by atoms with Crippen LogP contribution in [0.4, 0.5) is 9.59 Å². The molecule has 0 saturated carbocycles. The van der Waals surface area contributed by atoms with Crippen molar-refractivity contribution in [2.45, 2.75) is 0 Å². The van der Waals surface area contributed by atoms with E-state index in [1.807, 2.05) is 0 Å². The SMILES string of the molecule is C=CCOCCO.O=C(O)O.O=C(O)O. The van der Waals surface area contributed by atoms with Crippen molar-refractivity contribution in [1.82, 2.24) is 0 Å². The highest BCUT2D eigenvalue weighted by Gasteiger charge is 1.75. The van der Waals surface area contributed by atoms with Gasteiger partial charge in [0.15, 0.2) is 0 Å². The molecule has 0 rings (SSSR count). The number of aliphatic hydroxyl groups is 1. The van der Waals surface area contributed by atoms with Gasteiger partial charge in [0.1, 0.15) is 0 Å². The van der Waals surface area contributed by atoms with E-state index in [0.29, 0.717) is 13.2 Å². The van der Waals surface area contributed by atoms with E-state index >= 15 is 0 Å². The third-order valence-electron chi connectivity index (χ3n) is 0.471. The molecule has 0 unspecified atom stereocenters. The molecule has 0 aliphatic rings. The Bertz CT molecular complexity index is 146. The molecule has 0 heterocycles. The zero-order valence-electron chi connectivity index (χ0n) is 7.87. The average molecular weight is 226 g/mol. The van der Waals surface area contributed by atoms with Gasteiger partial charge in [-0.25, -0.2) is 9.59 Å². The largest absolute Gasteiger partial charge is 0.503 e. The molecule has 0 fully saturated rings. The highest BCUT2D eigenvalue weighted by atomic mass is 16.6. The molecule has 90 valence electrons. The summed E-state index contributed by atoms with van der Waals surface area (Å²) in [5.74, 6) is 0. The smallest absolute Gasteiger partial charge is 0.450 e. The first-order valence-corrected chi connectivity index (χ1v) is 3.51. The molecule has 8 heteroatoms. The molecule has 0 atom stereocenters. The standard InChI is InChI=1S/C5H10O2.2CH2O3/c1-2-4-7-5-3-6;2*2-1(3)4/h2,6H,1,3-5H2;2*(H2,2,3,4). The van der Waals surface area contributed by atoms with Crippen molar-refractivity contribution in [1.29, 1.82) is 0 Å². The van der Waals surface area contributed by atoms with E-state index < -0.39 is 12.3 Å². The third-order valence-corrected chi connectivity index (χ3v) is 0.471. The summed E-state index contributed by atoms with van der Waals surface area (Å²) in [5.41, 5.74) is 0. The molecule has 0 spiro atoms. The second kappa shape index (κ2) is 18.1. The molecule has 8 nitrogen and oxygen atoms in total. The summed E-state index contributed by atoms with van der Waals surface area (Å²) in [7, 11) is 0. The number of hydrogen-bond donors (Lipinski definition) is 5. The van der Waals surface area contributed by atoms with Crippen molar-refractivity contribution in [3.05, 3.63) is 12.7 Å². The van der Waals surface area contributed by atoms with Crippen LogP contribution in [0.5, 0.6) is 0 Å². The fourth-order valence-electron chi connectivity index (χ4n) is 0.231. The number of hydrogen-bond acceptors (Lipinski definition) is 4. The Morgan fingerprint density at radius 1 is 1.13 bits per heavy atom. The predicted molar refractivity (Wildman–Crippen MR) is 49.4 cm³/mol. The number of rotatable bonds is 4. The second-order valence-corrected chi connectivity index (χ2v) is 1.65. The molecule has 0 aromatic carbocycles. The molecule has 0 bridgehead atoms. The van der Waals surface area contributed by atoms with Crippen molar-refractivity contribution in [3.63, 3.8) is 0 Å². The maximum atomic E-state index is 8.56. The molecule has 0 aromatic rings. The van der Waals surface area contributed by atoms with Gasteiger partial charge in [-0.2, -0.15) is 0 Å². The maximum absolute atomic E-state index is 8.56. The van der Waals surface area contributed by atoms with Crippen LogP contribution in [0.3, 0.4) is 0 Å². The zero-order chi connectivity index (χ0) is 12.7. The fourth-order valence-corrected chi connectivity index (χ4v) is 0.231. The first kappa shape index (κ1) is 18.9. The summed E-state index contributed by atoms with van der Waals surface area (Å²) in [6.07, 6.45) is -2.02. The Labute approximate surface area is 85.7 Å². The molecule has 0 amide bonds. The highest BCUT2D eigenvalue weighted by molar-refractivity contribution is 5.53. The van der Waals surface area contributed by atoms with E-state index in [4.69, 9.17) is 39.9 Å².